The van der Waals surface area contributed by atoms with E-state index in [-0.39, 0.29) is 23.1 Å². The summed E-state index contributed by atoms with van der Waals surface area (Å²) in [6.45, 7) is 0. The molecule has 0 saturated carbocycles. The highest BCUT2D eigenvalue weighted by molar-refractivity contribution is 5.99. The third kappa shape index (κ3) is 6.52. The lowest BCUT2D eigenvalue weighted by molar-refractivity contribution is 0.0795. The average molecular weight is 572 g/mol. The number of hydrogen-bond acceptors (Lipinski definition) is 9. The van der Waals surface area contributed by atoms with E-state index in [9.17, 15) is 4.79 Å². The molecule has 0 radical (unpaired) electrons. The Bertz CT molecular complexity index is 1730. The Hall–Kier alpha value is -5.95. The van der Waals surface area contributed by atoms with Crippen molar-refractivity contribution in [3.05, 3.63) is 131 Å². The second-order valence-electron chi connectivity index (χ2n) is 9.38. The second-order valence-corrected chi connectivity index (χ2v) is 9.38. The van der Waals surface area contributed by atoms with Gasteiger partial charge in [-0.05, 0) is 60.0 Å². The van der Waals surface area contributed by atoms with Crippen molar-refractivity contribution in [1.29, 1.82) is 0 Å². The van der Waals surface area contributed by atoms with Gasteiger partial charge in [-0.25, -0.2) is 4.98 Å². The molecule has 43 heavy (non-hydrogen) atoms. The van der Waals surface area contributed by atoms with Gasteiger partial charge < -0.3 is 20.9 Å². The van der Waals surface area contributed by atoms with Gasteiger partial charge in [-0.1, -0.05) is 30.3 Å². The highest BCUT2D eigenvalue weighted by Gasteiger charge is 2.32. The van der Waals surface area contributed by atoms with E-state index in [2.05, 4.69) is 31.9 Å². The molecule has 0 aliphatic heterocycles. The molecule has 0 unspecified atom stereocenters. The summed E-state index contributed by atoms with van der Waals surface area (Å²) >= 11 is 0. The highest BCUT2D eigenvalue weighted by Crippen LogP contribution is 2.36. The largest absolute Gasteiger partial charge is 0.493 e. The van der Waals surface area contributed by atoms with Gasteiger partial charge in [-0.3, -0.25) is 19.7 Å². The molecular formula is C33H29N7O3. The number of pyridine rings is 2. The first-order chi connectivity index (χ1) is 21.0. The number of benzene rings is 2. The maximum absolute atomic E-state index is 14.7. The summed E-state index contributed by atoms with van der Waals surface area (Å²) < 4.78 is 11.4. The average Bonchev–Trinajstić information content (AvgIpc) is 3.05. The number of aromatic nitrogens is 4. The molecule has 0 bridgehead atoms. The Balaban J connectivity index is 1.68. The van der Waals surface area contributed by atoms with Crippen molar-refractivity contribution in [3.63, 3.8) is 0 Å². The number of hydrogen-bond donors (Lipinski definition) is 2. The standard InChI is InChI=1S/C33H29N7O3/c1-42-28-20-23(18-24-21-38-33(35)39-31(24)34)19-25(30(28)43-2)32(41)40(17-14-22-10-4-3-5-11-22)29(26-12-6-8-15-36-26)27-13-7-9-16-37-27/h3-13,15-16,19-21,29H,18H2,1-2H3,(H4,34,35,38,39). The van der Waals surface area contributed by atoms with Crippen molar-refractivity contribution in [3.8, 4) is 23.5 Å². The molecule has 10 heteroatoms. The van der Waals surface area contributed by atoms with E-state index in [0.29, 0.717) is 34.7 Å². The molecule has 0 fully saturated rings. The number of ether oxygens (including phenoxy) is 2. The first-order valence-corrected chi connectivity index (χ1v) is 13.3. The fourth-order valence-electron chi connectivity index (χ4n) is 4.57. The Labute approximate surface area is 249 Å². The van der Waals surface area contributed by atoms with E-state index in [4.69, 9.17) is 20.9 Å². The number of anilines is 2. The number of carbonyl (C=O) groups is 1. The molecule has 0 aliphatic rings. The van der Waals surface area contributed by atoms with Crippen LogP contribution in [0, 0.1) is 12.0 Å². The van der Waals surface area contributed by atoms with Crippen LogP contribution in [0.3, 0.4) is 0 Å². The third-order valence-corrected chi connectivity index (χ3v) is 6.59. The topological polar surface area (TPSA) is 142 Å². The zero-order valence-corrected chi connectivity index (χ0v) is 23.6. The predicted octanol–water partition coefficient (Wildman–Crippen LogP) is 4.28. The van der Waals surface area contributed by atoms with Crippen molar-refractivity contribution in [2.75, 3.05) is 25.7 Å². The van der Waals surface area contributed by atoms with E-state index in [0.717, 1.165) is 5.56 Å². The van der Waals surface area contributed by atoms with Crippen LogP contribution in [0.25, 0.3) is 0 Å². The molecule has 0 saturated heterocycles. The lowest BCUT2D eigenvalue weighted by Crippen LogP contribution is -2.33. The summed E-state index contributed by atoms with van der Waals surface area (Å²) in [5.41, 5.74) is 15.3. The van der Waals surface area contributed by atoms with E-state index in [1.54, 1.807) is 30.7 Å². The summed E-state index contributed by atoms with van der Waals surface area (Å²) in [6, 6.07) is 26.3. The van der Waals surface area contributed by atoms with Crippen molar-refractivity contribution in [2.24, 2.45) is 0 Å². The predicted molar refractivity (Wildman–Crippen MR) is 163 cm³/mol. The van der Waals surface area contributed by atoms with Crippen LogP contribution in [0.1, 0.15) is 44.5 Å². The first-order valence-electron chi connectivity index (χ1n) is 13.3. The Morgan fingerprint density at radius 2 is 1.56 bits per heavy atom. The van der Waals surface area contributed by atoms with Crippen LogP contribution in [-0.2, 0) is 6.42 Å². The molecule has 0 spiro atoms. The maximum atomic E-state index is 14.7. The lowest BCUT2D eigenvalue weighted by atomic mass is 10.00. The molecule has 10 nitrogen and oxygen atoms in total. The normalized spacial score (nSPS) is 10.5. The summed E-state index contributed by atoms with van der Waals surface area (Å²) in [5.74, 6) is 3.63. The minimum atomic E-state index is -0.744. The van der Waals surface area contributed by atoms with Crippen LogP contribution in [0.4, 0.5) is 11.8 Å². The third-order valence-electron chi connectivity index (χ3n) is 6.59. The zero-order valence-electron chi connectivity index (χ0n) is 23.6. The van der Waals surface area contributed by atoms with Gasteiger partial charge in [0.25, 0.3) is 5.91 Å². The maximum Gasteiger partial charge on any atom is 0.270 e. The van der Waals surface area contributed by atoms with Gasteiger partial charge in [0.2, 0.25) is 5.95 Å². The minimum absolute atomic E-state index is 0.0761. The van der Waals surface area contributed by atoms with Crippen LogP contribution in [0.5, 0.6) is 11.5 Å². The number of methoxy groups -OCH3 is 2. The van der Waals surface area contributed by atoms with Gasteiger partial charge in [0, 0.05) is 42.2 Å². The quantitative estimate of drug-likeness (QED) is 0.206. The second kappa shape index (κ2) is 13.1. The van der Waals surface area contributed by atoms with Crippen LogP contribution < -0.4 is 20.9 Å². The SMILES string of the molecule is COc1cc(Cc2cnc(N)nc2N)cc(C(=O)N(C#Cc2ccccc2)C(c2ccccn2)c2ccccn2)c1OC. The molecule has 5 aromatic rings. The Morgan fingerprint density at radius 3 is 2.14 bits per heavy atom. The van der Waals surface area contributed by atoms with Crippen LogP contribution in [-0.4, -0.2) is 45.0 Å². The van der Waals surface area contributed by atoms with Gasteiger partial charge in [0.1, 0.15) is 11.9 Å². The van der Waals surface area contributed by atoms with Gasteiger partial charge in [0.15, 0.2) is 11.5 Å². The molecule has 4 N–H and O–H groups in total. The molecule has 3 aromatic heterocycles. The summed E-state index contributed by atoms with van der Waals surface area (Å²) in [4.78, 5) is 33.4. The highest BCUT2D eigenvalue weighted by atomic mass is 16.5. The van der Waals surface area contributed by atoms with Crippen molar-refractivity contribution < 1.29 is 14.3 Å². The minimum Gasteiger partial charge on any atom is -0.493 e. The summed E-state index contributed by atoms with van der Waals surface area (Å²) in [6.07, 6.45) is 5.21. The summed E-state index contributed by atoms with van der Waals surface area (Å²) in [5, 5.41) is 0. The van der Waals surface area contributed by atoms with Crippen molar-refractivity contribution in [2.45, 2.75) is 12.5 Å². The van der Waals surface area contributed by atoms with Crippen LogP contribution >= 0.6 is 0 Å². The Kier molecular flexibility index (Phi) is 8.73. The van der Waals surface area contributed by atoms with Gasteiger partial charge in [0.05, 0.1) is 31.2 Å². The molecule has 0 atom stereocenters. The molecule has 1 amide bonds. The van der Waals surface area contributed by atoms with Gasteiger partial charge in [-0.15, -0.1) is 0 Å². The van der Waals surface area contributed by atoms with Crippen molar-refractivity contribution >= 4 is 17.7 Å². The smallest absolute Gasteiger partial charge is 0.270 e. The number of rotatable bonds is 8. The van der Waals surface area contributed by atoms with Crippen LogP contribution in [0.15, 0.2) is 97.5 Å². The lowest BCUT2D eigenvalue weighted by Gasteiger charge is -2.27. The molecule has 2 aromatic carbocycles. The Morgan fingerprint density at radius 1 is 0.884 bits per heavy atom. The molecule has 5 rings (SSSR count). The van der Waals surface area contributed by atoms with Crippen LogP contribution in [0.2, 0.25) is 0 Å². The zero-order chi connectivity index (χ0) is 30.2. The molecular weight excluding hydrogens is 542 g/mol. The first kappa shape index (κ1) is 28.6. The van der Waals surface area contributed by atoms with E-state index in [1.165, 1.54) is 19.1 Å². The molecule has 3 heterocycles. The fourth-order valence-corrected chi connectivity index (χ4v) is 4.57. The van der Waals surface area contributed by atoms with E-state index in [1.807, 2.05) is 66.7 Å². The molecule has 214 valence electrons. The number of nitrogens with zero attached hydrogens (tertiary/aromatic N) is 5. The number of nitrogens with two attached hydrogens (primary N) is 2. The monoisotopic (exact) mass is 571 g/mol. The molecule has 0 aliphatic carbocycles. The number of amides is 1. The summed E-state index contributed by atoms with van der Waals surface area (Å²) in [7, 11) is 2.99. The van der Waals surface area contributed by atoms with Gasteiger partial charge in [-0.2, -0.15) is 4.98 Å². The van der Waals surface area contributed by atoms with Gasteiger partial charge >= 0.3 is 0 Å². The number of nitrogen functional groups attached to an aromatic ring is 2. The van der Waals surface area contributed by atoms with E-state index >= 15 is 0 Å². The fraction of sp³-hybridized carbons (Fsp3) is 0.121. The number of carbonyl (C=O) groups excluding carboxylic acids is 1. The van der Waals surface area contributed by atoms with E-state index < -0.39 is 11.9 Å². The van der Waals surface area contributed by atoms with Crippen molar-refractivity contribution in [1.82, 2.24) is 24.8 Å².